The quantitative estimate of drug-likeness (QED) is 0.653. The molecule has 94 valence electrons. The van der Waals surface area contributed by atoms with Gasteiger partial charge in [0.05, 0.1) is 0 Å². The van der Waals surface area contributed by atoms with Gasteiger partial charge in [-0.05, 0) is 33.0 Å². The van der Waals surface area contributed by atoms with Gasteiger partial charge in [-0.2, -0.15) is 0 Å². The molecule has 1 saturated heterocycles. The van der Waals surface area contributed by atoms with Crippen molar-refractivity contribution in [2.75, 3.05) is 33.2 Å². The fraction of sp³-hybridized carbons (Fsp3) is 0.917. The molecule has 0 spiro atoms. The van der Waals surface area contributed by atoms with E-state index in [2.05, 4.69) is 29.5 Å². The van der Waals surface area contributed by atoms with E-state index >= 15 is 0 Å². The van der Waals surface area contributed by atoms with Gasteiger partial charge in [0.1, 0.15) is 0 Å². The molecule has 4 nitrogen and oxygen atoms in total. The molecule has 0 saturated carbocycles. The Labute approximate surface area is 98.8 Å². The van der Waals surface area contributed by atoms with Gasteiger partial charge in [0.25, 0.3) is 0 Å². The van der Waals surface area contributed by atoms with Crippen LogP contribution in [0, 0.1) is 0 Å². The molecule has 0 aromatic carbocycles. The lowest BCUT2D eigenvalue weighted by molar-refractivity contribution is -0.121. The Bertz CT molecular complexity index is 208. The summed E-state index contributed by atoms with van der Waals surface area (Å²) in [5.74, 6) is 0.167. The Balaban J connectivity index is 2.10. The van der Waals surface area contributed by atoms with Gasteiger partial charge in [-0.25, -0.2) is 0 Å². The zero-order valence-electron chi connectivity index (χ0n) is 10.6. The molecule has 0 aromatic heterocycles. The summed E-state index contributed by atoms with van der Waals surface area (Å²) in [5, 5.41) is 6.18. The Hall–Kier alpha value is -0.610. The van der Waals surface area contributed by atoms with E-state index in [0.29, 0.717) is 12.5 Å². The third-order valence-corrected chi connectivity index (χ3v) is 3.24. The third-order valence-electron chi connectivity index (χ3n) is 3.24. The predicted octanol–water partition coefficient (Wildman–Crippen LogP) is 0.587. The lowest BCUT2D eigenvalue weighted by Gasteiger charge is -2.32. The van der Waals surface area contributed by atoms with Crippen molar-refractivity contribution in [1.82, 2.24) is 15.5 Å². The van der Waals surface area contributed by atoms with E-state index in [1.54, 1.807) is 0 Å². The van der Waals surface area contributed by atoms with Crippen molar-refractivity contribution in [2.24, 2.45) is 0 Å². The molecule has 0 bridgehead atoms. The molecule has 4 heteroatoms. The maximum Gasteiger partial charge on any atom is 0.221 e. The van der Waals surface area contributed by atoms with E-state index < -0.39 is 0 Å². The van der Waals surface area contributed by atoms with Gasteiger partial charge in [-0.3, -0.25) is 4.79 Å². The second-order valence-corrected chi connectivity index (χ2v) is 4.54. The van der Waals surface area contributed by atoms with Gasteiger partial charge in [-0.15, -0.1) is 0 Å². The van der Waals surface area contributed by atoms with Crippen LogP contribution < -0.4 is 10.6 Å². The van der Waals surface area contributed by atoms with Crippen LogP contribution in [0.15, 0.2) is 0 Å². The number of hydrogen-bond acceptors (Lipinski definition) is 3. The van der Waals surface area contributed by atoms with Gasteiger partial charge in [0.15, 0.2) is 0 Å². The predicted molar refractivity (Wildman–Crippen MR) is 66.4 cm³/mol. The van der Waals surface area contributed by atoms with Crippen molar-refractivity contribution in [3.05, 3.63) is 0 Å². The molecule has 1 aliphatic heterocycles. The SMILES string of the molecule is CCNCCC(=O)NCC1CCCCN1C. The molecule has 1 heterocycles. The average Bonchev–Trinajstić information content (AvgIpc) is 2.28. The lowest BCUT2D eigenvalue weighted by Crippen LogP contribution is -2.44. The fourth-order valence-corrected chi connectivity index (χ4v) is 2.10. The molecule has 1 rings (SSSR count). The summed E-state index contributed by atoms with van der Waals surface area (Å²) < 4.78 is 0. The topological polar surface area (TPSA) is 44.4 Å². The number of amides is 1. The molecule has 0 radical (unpaired) electrons. The summed E-state index contributed by atoms with van der Waals surface area (Å²) in [6.45, 7) is 5.73. The zero-order chi connectivity index (χ0) is 11.8. The number of nitrogens with zero attached hydrogens (tertiary/aromatic N) is 1. The highest BCUT2D eigenvalue weighted by molar-refractivity contribution is 5.76. The van der Waals surface area contributed by atoms with Crippen LogP contribution in [0.3, 0.4) is 0 Å². The van der Waals surface area contributed by atoms with Gasteiger partial charge in [-0.1, -0.05) is 13.3 Å². The van der Waals surface area contributed by atoms with Crippen molar-refractivity contribution in [3.8, 4) is 0 Å². The molecule has 1 atom stereocenters. The Morgan fingerprint density at radius 1 is 1.44 bits per heavy atom. The first kappa shape index (κ1) is 13.5. The maximum atomic E-state index is 11.5. The second kappa shape index (κ2) is 7.63. The molecular weight excluding hydrogens is 202 g/mol. The molecule has 16 heavy (non-hydrogen) atoms. The number of nitrogens with one attached hydrogen (secondary N) is 2. The smallest absolute Gasteiger partial charge is 0.221 e. The van der Waals surface area contributed by atoms with Crippen LogP contribution in [0.2, 0.25) is 0 Å². The van der Waals surface area contributed by atoms with Crippen LogP contribution in [0.25, 0.3) is 0 Å². The number of piperidine rings is 1. The highest BCUT2D eigenvalue weighted by Crippen LogP contribution is 2.13. The van der Waals surface area contributed by atoms with E-state index in [4.69, 9.17) is 0 Å². The van der Waals surface area contributed by atoms with E-state index in [0.717, 1.165) is 26.2 Å². The number of hydrogen-bond donors (Lipinski definition) is 2. The van der Waals surface area contributed by atoms with Crippen LogP contribution in [-0.2, 0) is 4.79 Å². The molecule has 1 amide bonds. The first-order valence-corrected chi connectivity index (χ1v) is 6.41. The highest BCUT2D eigenvalue weighted by atomic mass is 16.1. The maximum absolute atomic E-state index is 11.5. The van der Waals surface area contributed by atoms with Gasteiger partial charge in [0.2, 0.25) is 5.91 Å². The van der Waals surface area contributed by atoms with Gasteiger partial charge in [0, 0.05) is 25.6 Å². The first-order valence-electron chi connectivity index (χ1n) is 6.41. The Kier molecular flexibility index (Phi) is 6.42. The largest absolute Gasteiger partial charge is 0.354 e. The number of carbonyl (C=O) groups is 1. The molecule has 2 N–H and O–H groups in total. The summed E-state index contributed by atoms with van der Waals surface area (Å²) in [4.78, 5) is 13.9. The average molecular weight is 227 g/mol. The van der Waals surface area contributed by atoms with E-state index in [1.165, 1.54) is 19.3 Å². The van der Waals surface area contributed by atoms with Gasteiger partial charge >= 0.3 is 0 Å². The zero-order valence-corrected chi connectivity index (χ0v) is 10.6. The molecule has 1 unspecified atom stereocenters. The molecule has 0 aliphatic carbocycles. The van der Waals surface area contributed by atoms with Crippen LogP contribution in [0.4, 0.5) is 0 Å². The van der Waals surface area contributed by atoms with Crippen LogP contribution in [0.1, 0.15) is 32.6 Å². The van der Waals surface area contributed by atoms with Crippen LogP contribution in [-0.4, -0.2) is 50.1 Å². The standard InChI is InChI=1S/C12H25N3O/c1-3-13-8-7-12(16)14-10-11-6-4-5-9-15(11)2/h11,13H,3-10H2,1-2H3,(H,14,16). The van der Waals surface area contributed by atoms with Crippen molar-refractivity contribution >= 4 is 5.91 Å². The minimum absolute atomic E-state index is 0.167. The minimum Gasteiger partial charge on any atom is -0.354 e. The van der Waals surface area contributed by atoms with Crippen molar-refractivity contribution in [3.63, 3.8) is 0 Å². The Morgan fingerprint density at radius 2 is 2.25 bits per heavy atom. The summed E-state index contributed by atoms with van der Waals surface area (Å²) in [5.41, 5.74) is 0. The van der Waals surface area contributed by atoms with E-state index in [1.807, 2.05) is 0 Å². The fourth-order valence-electron chi connectivity index (χ4n) is 2.10. The summed E-state index contributed by atoms with van der Waals surface area (Å²) >= 11 is 0. The Morgan fingerprint density at radius 3 is 2.94 bits per heavy atom. The first-order chi connectivity index (χ1) is 7.74. The highest BCUT2D eigenvalue weighted by Gasteiger charge is 2.18. The third kappa shape index (κ3) is 4.94. The number of likely N-dealkylation sites (tertiary alicyclic amines) is 1. The second-order valence-electron chi connectivity index (χ2n) is 4.54. The molecule has 1 aliphatic rings. The number of carbonyl (C=O) groups excluding carboxylic acids is 1. The summed E-state index contributed by atoms with van der Waals surface area (Å²) in [6.07, 6.45) is 4.39. The van der Waals surface area contributed by atoms with E-state index in [-0.39, 0.29) is 5.91 Å². The van der Waals surface area contributed by atoms with E-state index in [9.17, 15) is 4.79 Å². The van der Waals surface area contributed by atoms with Crippen molar-refractivity contribution in [2.45, 2.75) is 38.6 Å². The monoisotopic (exact) mass is 227 g/mol. The van der Waals surface area contributed by atoms with Crippen molar-refractivity contribution in [1.29, 1.82) is 0 Å². The van der Waals surface area contributed by atoms with Crippen molar-refractivity contribution < 1.29 is 4.79 Å². The number of likely N-dealkylation sites (N-methyl/N-ethyl adjacent to an activating group) is 1. The summed E-state index contributed by atoms with van der Waals surface area (Å²) in [7, 11) is 2.15. The minimum atomic E-state index is 0.167. The number of rotatable bonds is 6. The molecule has 0 aromatic rings. The van der Waals surface area contributed by atoms with Gasteiger partial charge < -0.3 is 15.5 Å². The molecular formula is C12H25N3O. The van der Waals surface area contributed by atoms with Crippen LogP contribution in [0.5, 0.6) is 0 Å². The lowest BCUT2D eigenvalue weighted by atomic mass is 10.0. The normalized spacial score (nSPS) is 22.0. The summed E-state index contributed by atoms with van der Waals surface area (Å²) in [6, 6.07) is 0.539. The molecule has 1 fully saturated rings. The van der Waals surface area contributed by atoms with Crippen LogP contribution >= 0.6 is 0 Å².